The molecule has 0 saturated carbocycles. The summed E-state index contributed by atoms with van der Waals surface area (Å²) >= 11 is 5.96. The highest BCUT2D eigenvalue weighted by molar-refractivity contribution is 6.30. The van der Waals surface area contributed by atoms with Crippen molar-refractivity contribution < 1.29 is 4.79 Å². The Balaban J connectivity index is 2.06. The quantitative estimate of drug-likeness (QED) is 0.770. The van der Waals surface area contributed by atoms with Crippen LogP contribution in [0.5, 0.6) is 0 Å². The lowest BCUT2D eigenvalue weighted by Gasteiger charge is -2.05. The van der Waals surface area contributed by atoms with Crippen molar-refractivity contribution in [3.63, 3.8) is 0 Å². The standard InChI is InChI=1S/C18H17ClN4O/c1-2-12-20-18(24)16-21-17(13-8-10-14(19)11-9-13)23(22-16)15-6-4-3-5-7-15/h3-11H,2,12H2,1H3,(H,20,24). The number of benzene rings is 2. The summed E-state index contributed by atoms with van der Waals surface area (Å²) < 4.78 is 1.67. The van der Waals surface area contributed by atoms with E-state index in [1.807, 2.05) is 49.4 Å². The molecule has 0 spiro atoms. The highest BCUT2D eigenvalue weighted by Crippen LogP contribution is 2.23. The van der Waals surface area contributed by atoms with Gasteiger partial charge >= 0.3 is 0 Å². The molecule has 0 bridgehead atoms. The Morgan fingerprint density at radius 3 is 2.50 bits per heavy atom. The zero-order valence-corrected chi connectivity index (χ0v) is 14.0. The summed E-state index contributed by atoms with van der Waals surface area (Å²) in [4.78, 5) is 16.7. The third-order valence-corrected chi connectivity index (χ3v) is 3.70. The molecule has 6 heteroatoms. The first-order valence-electron chi connectivity index (χ1n) is 7.75. The van der Waals surface area contributed by atoms with Gasteiger partial charge in [0.15, 0.2) is 5.82 Å². The summed E-state index contributed by atoms with van der Waals surface area (Å²) in [5.41, 5.74) is 1.68. The van der Waals surface area contributed by atoms with E-state index < -0.39 is 0 Å². The first kappa shape index (κ1) is 16.2. The summed E-state index contributed by atoms with van der Waals surface area (Å²) in [5, 5.41) is 7.84. The molecule has 24 heavy (non-hydrogen) atoms. The van der Waals surface area contributed by atoms with E-state index in [1.165, 1.54) is 0 Å². The van der Waals surface area contributed by atoms with Crippen LogP contribution in [0.1, 0.15) is 24.0 Å². The SMILES string of the molecule is CCCNC(=O)c1nc(-c2ccc(Cl)cc2)n(-c2ccccc2)n1. The minimum Gasteiger partial charge on any atom is -0.349 e. The molecule has 0 unspecified atom stereocenters. The molecule has 1 heterocycles. The zero-order chi connectivity index (χ0) is 16.9. The predicted octanol–water partition coefficient (Wildman–Crippen LogP) is 3.73. The Bertz CT molecular complexity index is 828. The van der Waals surface area contributed by atoms with Gasteiger partial charge in [-0.3, -0.25) is 4.79 Å². The van der Waals surface area contributed by atoms with E-state index in [1.54, 1.807) is 16.8 Å². The third kappa shape index (κ3) is 3.46. The second-order valence-electron chi connectivity index (χ2n) is 5.27. The molecule has 2 aromatic carbocycles. The molecule has 3 rings (SSSR count). The summed E-state index contributed by atoms with van der Waals surface area (Å²) in [6.45, 7) is 2.59. The van der Waals surface area contributed by atoms with Crippen LogP contribution in [0.25, 0.3) is 17.1 Å². The van der Waals surface area contributed by atoms with Crippen molar-refractivity contribution in [1.29, 1.82) is 0 Å². The Labute approximate surface area is 145 Å². The average Bonchev–Trinajstić information content (AvgIpc) is 3.06. The number of halogens is 1. The van der Waals surface area contributed by atoms with Crippen molar-refractivity contribution in [2.24, 2.45) is 0 Å². The van der Waals surface area contributed by atoms with Crippen LogP contribution in [0.3, 0.4) is 0 Å². The molecule has 1 amide bonds. The van der Waals surface area contributed by atoms with Gasteiger partial charge in [0.2, 0.25) is 5.82 Å². The molecule has 5 nitrogen and oxygen atoms in total. The first-order valence-corrected chi connectivity index (χ1v) is 8.13. The summed E-state index contributed by atoms with van der Waals surface area (Å²) in [6.07, 6.45) is 0.856. The molecular formula is C18H17ClN4O. The lowest BCUT2D eigenvalue weighted by Crippen LogP contribution is -2.25. The van der Waals surface area contributed by atoms with Gasteiger partial charge in [0.05, 0.1) is 5.69 Å². The monoisotopic (exact) mass is 340 g/mol. The molecule has 0 aliphatic carbocycles. The van der Waals surface area contributed by atoms with E-state index in [9.17, 15) is 4.79 Å². The Hall–Kier alpha value is -2.66. The lowest BCUT2D eigenvalue weighted by molar-refractivity contribution is 0.0943. The minimum atomic E-state index is -0.276. The number of para-hydroxylation sites is 1. The van der Waals surface area contributed by atoms with Gasteiger partial charge in [0, 0.05) is 17.1 Å². The van der Waals surface area contributed by atoms with Crippen LogP contribution >= 0.6 is 11.6 Å². The van der Waals surface area contributed by atoms with Gasteiger partial charge in [-0.2, -0.15) is 0 Å². The van der Waals surface area contributed by atoms with Crippen LogP contribution in [0.15, 0.2) is 54.6 Å². The molecule has 0 saturated heterocycles. The number of aromatic nitrogens is 3. The predicted molar refractivity (Wildman–Crippen MR) is 94.4 cm³/mol. The van der Waals surface area contributed by atoms with Crippen LogP contribution in [0.2, 0.25) is 5.02 Å². The smallest absolute Gasteiger partial charge is 0.290 e. The number of nitrogens with zero attached hydrogens (tertiary/aromatic N) is 3. The molecule has 0 aliphatic heterocycles. The molecule has 1 aromatic heterocycles. The number of carbonyl (C=O) groups excluding carboxylic acids is 1. The fourth-order valence-corrected chi connectivity index (χ4v) is 2.39. The molecule has 1 N–H and O–H groups in total. The topological polar surface area (TPSA) is 59.8 Å². The second kappa shape index (κ2) is 7.27. The van der Waals surface area contributed by atoms with Gasteiger partial charge in [-0.05, 0) is 42.8 Å². The number of rotatable bonds is 5. The maximum absolute atomic E-state index is 12.2. The normalized spacial score (nSPS) is 10.6. The highest BCUT2D eigenvalue weighted by Gasteiger charge is 2.18. The number of hydrogen-bond acceptors (Lipinski definition) is 3. The van der Waals surface area contributed by atoms with Gasteiger partial charge < -0.3 is 5.32 Å². The minimum absolute atomic E-state index is 0.150. The summed E-state index contributed by atoms with van der Waals surface area (Å²) in [6, 6.07) is 16.9. The van der Waals surface area contributed by atoms with E-state index in [0.717, 1.165) is 17.7 Å². The van der Waals surface area contributed by atoms with Crippen LogP contribution < -0.4 is 5.32 Å². The molecule has 3 aromatic rings. The van der Waals surface area contributed by atoms with E-state index in [-0.39, 0.29) is 11.7 Å². The number of hydrogen-bond donors (Lipinski definition) is 1. The van der Waals surface area contributed by atoms with Crippen LogP contribution in [-0.4, -0.2) is 27.2 Å². The second-order valence-corrected chi connectivity index (χ2v) is 5.71. The number of nitrogens with one attached hydrogen (secondary N) is 1. The van der Waals surface area contributed by atoms with Gasteiger partial charge in [0.25, 0.3) is 5.91 Å². The molecule has 0 radical (unpaired) electrons. The molecular weight excluding hydrogens is 324 g/mol. The number of carbonyl (C=O) groups is 1. The van der Waals surface area contributed by atoms with Crippen molar-refractivity contribution in [2.45, 2.75) is 13.3 Å². The maximum Gasteiger partial charge on any atom is 0.290 e. The zero-order valence-electron chi connectivity index (χ0n) is 13.2. The first-order chi connectivity index (χ1) is 11.7. The van der Waals surface area contributed by atoms with Crippen LogP contribution in [0, 0.1) is 0 Å². The van der Waals surface area contributed by atoms with Crippen molar-refractivity contribution in [2.75, 3.05) is 6.54 Å². The highest BCUT2D eigenvalue weighted by atomic mass is 35.5. The van der Waals surface area contributed by atoms with Gasteiger partial charge in [0.1, 0.15) is 0 Å². The fraction of sp³-hybridized carbons (Fsp3) is 0.167. The Morgan fingerprint density at radius 1 is 1.12 bits per heavy atom. The average molecular weight is 341 g/mol. The molecule has 122 valence electrons. The lowest BCUT2D eigenvalue weighted by atomic mass is 10.2. The summed E-state index contributed by atoms with van der Waals surface area (Å²) in [7, 11) is 0. The van der Waals surface area contributed by atoms with E-state index >= 15 is 0 Å². The van der Waals surface area contributed by atoms with Crippen LogP contribution in [0.4, 0.5) is 0 Å². The largest absolute Gasteiger partial charge is 0.349 e. The van der Waals surface area contributed by atoms with Gasteiger partial charge in [-0.1, -0.05) is 36.7 Å². The Morgan fingerprint density at radius 2 is 1.83 bits per heavy atom. The van der Waals surface area contributed by atoms with Gasteiger partial charge in [-0.15, -0.1) is 5.10 Å². The molecule has 0 fully saturated rings. The summed E-state index contributed by atoms with van der Waals surface area (Å²) in [5.74, 6) is 0.471. The van der Waals surface area contributed by atoms with Crippen LogP contribution in [-0.2, 0) is 0 Å². The van der Waals surface area contributed by atoms with Gasteiger partial charge in [-0.25, -0.2) is 9.67 Å². The molecule has 0 atom stereocenters. The number of amides is 1. The van der Waals surface area contributed by atoms with Crippen molar-refractivity contribution >= 4 is 17.5 Å². The fourth-order valence-electron chi connectivity index (χ4n) is 2.26. The van der Waals surface area contributed by atoms with E-state index in [4.69, 9.17) is 11.6 Å². The van der Waals surface area contributed by atoms with Crippen molar-refractivity contribution in [3.8, 4) is 17.1 Å². The van der Waals surface area contributed by atoms with Crippen molar-refractivity contribution in [1.82, 2.24) is 20.1 Å². The molecule has 0 aliphatic rings. The van der Waals surface area contributed by atoms with E-state index in [0.29, 0.717) is 17.4 Å². The van der Waals surface area contributed by atoms with Crippen molar-refractivity contribution in [3.05, 3.63) is 65.4 Å². The Kier molecular flexibility index (Phi) is 4.91. The maximum atomic E-state index is 12.2. The third-order valence-electron chi connectivity index (χ3n) is 3.45. The van der Waals surface area contributed by atoms with E-state index in [2.05, 4.69) is 15.4 Å².